The Kier molecular flexibility index (Phi) is 4.12. The summed E-state index contributed by atoms with van der Waals surface area (Å²) in [6, 6.07) is 8.81. The van der Waals surface area contributed by atoms with Gasteiger partial charge in [-0.25, -0.2) is 4.79 Å². The minimum absolute atomic E-state index is 0.144. The van der Waals surface area contributed by atoms with Crippen molar-refractivity contribution >= 4 is 6.09 Å². The number of carbonyl (C=O) groups is 1. The molecule has 1 aromatic heterocycles. The maximum absolute atomic E-state index is 11.5. The summed E-state index contributed by atoms with van der Waals surface area (Å²) in [6.07, 6.45) is -0.560. The van der Waals surface area contributed by atoms with Crippen LogP contribution in [0.25, 0.3) is 0 Å². The van der Waals surface area contributed by atoms with Crippen molar-refractivity contribution in [3.05, 3.63) is 42.1 Å². The monoisotopic (exact) mass is 261 g/mol. The summed E-state index contributed by atoms with van der Waals surface area (Å²) in [5.41, 5.74) is 0. The van der Waals surface area contributed by atoms with Crippen LogP contribution in [0.4, 0.5) is 4.79 Å². The number of amides is 1. The number of hydrogen-bond acceptors (Lipinski definition) is 5. The minimum atomic E-state index is -0.560. The predicted molar refractivity (Wildman–Crippen MR) is 67.7 cm³/mol. The van der Waals surface area contributed by atoms with Gasteiger partial charge < -0.3 is 14.5 Å². The molecule has 0 saturated carbocycles. The molecule has 1 aromatic carbocycles. The first kappa shape index (κ1) is 13.1. The van der Waals surface area contributed by atoms with Gasteiger partial charge in [0.05, 0.1) is 6.54 Å². The van der Waals surface area contributed by atoms with Gasteiger partial charge in [-0.1, -0.05) is 32.0 Å². The lowest BCUT2D eigenvalue weighted by Gasteiger charge is -2.04. The van der Waals surface area contributed by atoms with Crippen LogP contribution < -0.4 is 10.1 Å². The summed E-state index contributed by atoms with van der Waals surface area (Å²) in [6.45, 7) is 4.05. The standard InChI is InChI=1S/C13H15N3O3/c1-9(2)12-16-15-11(19-12)8-14-13(17)18-10-6-4-3-5-7-10/h3-7,9H,8H2,1-2H3,(H,14,17). The molecule has 0 saturated heterocycles. The van der Waals surface area contributed by atoms with E-state index in [2.05, 4.69) is 15.5 Å². The average Bonchev–Trinajstić information content (AvgIpc) is 2.86. The molecular formula is C13H15N3O3. The van der Waals surface area contributed by atoms with Gasteiger partial charge in [-0.05, 0) is 12.1 Å². The first-order valence-corrected chi connectivity index (χ1v) is 5.98. The molecule has 0 fully saturated rings. The van der Waals surface area contributed by atoms with Crippen molar-refractivity contribution in [3.63, 3.8) is 0 Å². The number of hydrogen-bond donors (Lipinski definition) is 1. The van der Waals surface area contributed by atoms with E-state index >= 15 is 0 Å². The van der Waals surface area contributed by atoms with E-state index in [4.69, 9.17) is 9.15 Å². The van der Waals surface area contributed by atoms with Crippen LogP contribution in [-0.2, 0) is 6.54 Å². The molecule has 6 heteroatoms. The van der Waals surface area contributed by atoms with E-state index in [-0.39, 0.29) is 12.5 Å². The Morgan fingerprint density at radius 1 is 1.32 bits per heavy atom. The Bertz CT molecular complexity index is 537. The van der Waals surface area contributed by atoms with Gasteiger partial charge in [0, 0.05) is 5.92 Å². The molecular weight excluding hydrogens is 246 g/mol. The fourth-order valence-electron chi connectivity index (χ4n) is 1.35. The molecule has 100 valence electrons. The van der Waals surface area contributed by atoms with Gasteiger partial charge in [0.25, 0.3) is 0 Å². The zero-order valence-electron chi connectivity index (χ0n) is 10.8. The molecule has 1 N–H and O–H groups in total. The number of aromatic nitrogens is 2. The maximum atomic E-state index is 11.5. The Hall–Kier alpha value is -2.37. The number of nitrogens with one attached hydrogen (secondary N) is 1. The van der Waals surface area contributed by atoms with Crippen LogP contribution in [0, 0.1) is 0 Å². The quantitative estimate of drug-likeness (QED) is 0.914. The normalized spacial score (nSPS) is 10.5. The van der Waals surface area contributed by atoms with E-state index in [0.29, 0.717) is 17.5 Å². The summed E-state index contributed by atoms with van der Waals surface area (Å²) >= 11 is 0. The molecule has 0 aliphatic heterocycles. The van der Waals surface area contributed by atoms with Gasteiger partial charge in [0.2, 0.25) is 11.8 Å². The Morgan fingerprint density at radius 3 is 2.68 bits per heavy atom. The van der Waals surface area contributed by atoms with E-state index in [9.17, 15) is 4.79 Å². The van der Waals surface area contributed by atoms with Gasteiger partial charge in [-0.15, -0.1) is 10.2 Å². The molecule has 0 aliphatic carbocycles. The van der Waals surface area contributed by atoms with E-state index < -0.39 is 6.09 Å². The van der Waals surface area contributed by atoms with E-state index in [1.165, 1.54) is 0 Å². The van der Waals surface area contributed by atoms with Crippen molar-refractivity contribution in [1.82, 2.24) is 15.5 Å². The number of rotatable bonds is 4. The topological polar surface area (TPSA) is 77.2 Å². The molecule has 0 radical (unpaired) electrons. The SMILES string of the molecule is CC(C)c1nnc(CNC(=O)Oc2ccccc2)o1. The Labute approximate surface area is 110 Å². The third kappa shape index (κ3) is 3.80. The Balaban J connectivity index is 1.83. The Morgan fingerprint density at radius 2 is 2.05 bits per heavy atom. The maximum Gasteiger partial charge on any atom is 0.413 e. The number of carbonyl (C=O) groups excluding carboxylic acids is 1. The van der Waals surface area contributed by atoms with Crippen molar-refractivity contribution < 1.29 is 13.9 Å². The lowest BCUT2D eigenvalue weighted by atomic mass is 10.2. The number of ether oxygens (including phenoxy) is 1. The van der Waals surface area contributed by atoms with Crippen LogP contribution in [0.1, 0.15) is 31.5 Å². The lowest BCUT2D eigenvalue weighted by molar-refractivity contribution is 0.198. The van der Waals surface area contributed by atoms with E-state index in [0.717, 1.165) is 0 Å². The third-order valence-electron chi connectivity index (χ3n) is 2.31. The van der Waals surface area contributed by atoms with Crippen molar-refractivity contribution in [2.24, 2.45) is 0 Å². The lowest BCUT2D eigenvalue weighted by Crippen LogP contribution is -2.26. The van der Waals surface area contributed by atoms with Gasteiger partial charge in [0.15, 0.2) is 0 Å². The molecule has 1 heterocycles. The number of nitrogens with zero attached hydrogens (tertiary/aromatic N) is 2. The highest BCUT2D eigenvalue weighted by Crippen LogP contribution is 2.12. The van der Waals surface area contributed by atoms with Crippen LogP contribution in [0.15, 0.2) is 34.7 Å². The van der Waals surface area contributed by atoms with Crippen LogP contribution in [0.2, 0.25) is 0 Å². The fourth-order valence-corrected chi connectivity index (χ4v) is 1.35. The van der Waals surface area contributed by atoms with Gasteiger partial charge >= 0.3 is 6.09 Å². The second-order valence-corrected chi connectivity index (χ2v) is 4.24. The average molecular weight is 261 g/mol. The summed E-state index contributed by atoms with van der Waals surface area (Å²) < 4.78 is 10.4. The highest BCUT2D eigenvalue weighted by molar-refractivity contribution is 5.70. The summed E-state index contributed by atoms with van der Waals surface area (Å²) in [5, 5.41) is 10.2. The second-order valence-electron chi connectivity index (χ2n) is 4.24. The molecule has 0 unspecified atom stereocenters. The summed E-state index contributed by atoms with van der Waals surface area (Å²) in [4.78, 5) is 11.5. The molecule has 6 nitrogen and oxygen atoms in total. The molecule has 1 amide bonds. The van der Waals surface area contributed by atoms with Crippen LogP contribution in [0.3, 0.4) is 0 Å². The first-order chi connectivity index (χ1) is 9.15. The predicted octanol–water partition coefficient (Wildman–Crippen LogP) is 2.48. The van der Waals surface area contributed by atoms with Gasteiger partial charge in [-0.3, -0.25) is 0 Å². The van der Waals surface area contributed by atoms with Crippen molar-refractivity contribution in [2.75, 3.05) is 0 Å². The third-order valence-corrected chi connectivity index (χ3v) is 2.31. The smallest absolute Gasteiger partial charge is 0.413 e. The van der Waals surface area contributed by atoms with E-state index in [1.807, 2.05) is 19.9 Å². The zero-order chi connectivity index (χ0) is 13.7. The molecule has 0 bridgehead atoms. The highest BCUT2D eigenvalue weighted by atomic mass is 16.6. The van der Waals surface area contributed by atoms with Crippen LogP contribution in [-0.4, -0.2) is 16.3 Å². The molecule has 2 aromatic rings. The molecule has 0 atom stereocenters. The van der Waals surface area contributed by atoms with Crippen LogP contribution >= 0.6 is 0 Å². The van der Waals surface area contributed by atoms with Crippen molar-refractivity contribution in [3.8, 4) is 5.75 Å². The van der Waals surface area contributed by atoms with Gasteiger partial charge in [-0.2, -0.15) is 0 Å². The summed E-state index contributed by atoms with van der Waals surface area (Å²) in [7, 11) is 0. The number of para-hydroxylation sites is 1. The molecule has 2 rings (SSSR count). The highest BCUT2D eigenvalue weighted by Gasteiger charge is 2.11. The number of benzene rings is 1. The van der Waals surface area contributed by atoms with Crippen molar-refractivity contribution in [1.29, 1.82) is 0 Å². The second kappa shape index (κ2) is 5.99. The summed E-state index contributed by atoms with van der Waals surface area (Å²) in [5.74, 6) is 1.55. The van der Waals surface area contributed by atoms with Crippen molar-refractivity contribution in [2.45, 2.75) is 26.3 Å². The fraction of sp³-hybridized carbons (Fsp3) is 0.308. The molecule has 0 aliphatic rings. The first-order valence-electron chi connectivity index (χ1n) is 5.98. The molecule has 0 spiro atoms. The largest absolute Gasteiger partial charge is 0.423 e. The zero-order valence-corrected chi connectivity index (χ0v) is 10.8. The minimum Gasteiger partial charge on any atom is -0.423 e. The van der Waals surface area contributed by atoms with Gasteiger partial charge in [0.1, 0.15) is 5.75 Å². The van der Waals surface area contributed by atoms with Crippen LogP contribution in [0.5, 0.6) is 5.75 Å². The van der Waals surface area contributed by atoms with E-state index in [1.54, 1.807) is 24.3 Å². The molecule has 19 heavy (non-hydrogen) atoms.